The molecule has 1 aliphatic rings. The Balaban J connectivity index is 1.58. The topological polar surface area (TPSA) is 113 Å². The first-order valence-electron chi connectivity index (χ1n) is 11.2. The summed E-state index contributed by atoms with van der Waals surface area (Å²) < 4.78 is 10.2. The van der Waals surface area contributed by atoms with Crippen LogP contribution in [0.1, 0.15) is 60.1 Å². The minimum Gasteiger partial charge on any atom is -0.496 e. The van der Waals surface area contributed by atoms with Gasteiger partial charge in [-0.05, 0) is 62.8 Å². The van der Waals surface area contributed by atoms with Gasteiger partial charge < -0.3 is 20.1 Å². The molecule has 1 heterocycles. The van der Waals surface area contributed by atoms with E-state index in [0.717, 1.165) is 31.2 Å². The quantitative estimate of drug-likeness (QED) is 0.530. The summed E-state index contributed by atoms with van der Waals surface area (Å²) in [5.74, 6) is 0.969. The SMILES string of the molecule is COC(=O)C1CCC(CNC(=O)c2cnc(NC(C)c3cc(C#N)ccc3OC)c(Cl)c2)CC1. The highest BCUT2D eigenvalue weighted by atomic mass is 35.5. The maximum Gasteiger partial charge on any atom is 0.308 e. The fourth-order valence-corrected chi connectivity index (χ4v) is 4.42. The molecule has 1 saturated carbocycles. The lowest BCUT2D eigenvalue weighted by molar-refractivity contribution is -0.146. The van der Waals surface area contributed by atoms with E-state index in [1.807, 2.05) is 6.92 Å². The maximum atomic E-state index is 12.6. The molecule has 1 aliphatic carbocycles. The normalized spacial score (nSPS) is 18.3. The predicted molar refractivity (Wildman–Crippen MR) is 129 cm³/mol. The number of ether oxygens (including phenoxy) is 2. The van der Waals surface area contributed by atoms with Crippen molar-refractivity contribution >= 4 is 29.3 Å². The van der Waals surface area contributed by atoms with Crippen LogP contribution in [0.2, 0.25) is 5.02 Å². The van der Waals surface area contributed by atoms with Crippen LogP contribution in [-0.2, 0) is 9.53 Å². The molecule has 2 N–H and O–H groups in total. The van der Waals surface area contributed by atoms with Crippen LogP contribution in [-0.4, -0.2) is 37.6 Å². The van der Waals surface area contributed by atoms with E-state index in [2.05, 4.69) is 21.7 Å². The first-order valence-corrected chi connectivity index (χ1v) is 11.6. The zero-order valence-corrected chi connectivity index (χ0v) is 20.3. The molecule has 1 fully saturated rings. The summed E-state index contributed by atoms with van der Waals surface area (Å²) >= 11 is 6.41. The van der Waals surface area contributed by atoms with Crippen molar-refractivity contribution in [3.63, 3.8) is 0 Å². The number of anilines is 1. The van der Waals surface area contributed by atoms with E-state index in [4.69, 9.17) is 21.1 Å². The third-order valence-electron chi connectivity index (χ3n) is 6.21. The molecule has 1 aromatic carbocycles. The van der Waals surface area contributed by atoms with Gasteiger partial charge in [0.2, 0.25) is 0 Å². The van der Waals surface area contributed by atoms with Crippen LogP contribution in [0.15, 0.2) is 30.5 Å². The highest BCUT2D eigenvalue weighted by Crippen LogP contribution is 2.31. The van der Waals surface area contributed by atoms with Crippen molar-refractivity contribution in [2.45, 2.75) is 38.6 Å². The van der Waals surface area contributed by atoms with Gasteiger partial charge in [-0.3, -0.25) is 9.59 Å². The highest BCUT2D eigenvalue weighted by Gasteiger charge is 2.27. The number of nitrogens with zero attached hydrogens (tertiary/aromatic N) is 2. The van der Waals surface area contributed by atoms with Crippen molar-refractivity contribution in [1.29, 1.82) is 5.26 Å². The number of hydrogen-bond donors (Lipinski definition) is 2. The van der Waals surface area contributed by atoms with Crippen LogP contribution < -0.4 is 15.4 Å². The summed E-state index contributed by atoms with van der Waals surface area (Å²) in [4.78, 5) is 28.6. The summed E-state index contributed by atoms with van der Waals surface area (Å²) in [6.07, 6.45) is 4.78. The number of amides is 1. The molecule has 3 rings (SSSR count). The number of aromatic nitrogens is 1. The van der Waals surface area contributed by atoms with E-state index in [0.29, 0.717) is 40.2 Å². The van der Waals surface area contributed by atoms with E-state index in [1.54, 1.807) is 31.4 Å². The molecule has 2 aromatic rings. The minimum absolute atomic E-state index is 0.0373. The molecule has 34 heavy (non-hydrogen) atoms. The molecule has 1 aromatic heterocycles. The largest absolute Gasteiger partial charge is 0.496 e. The van der Waals surface area contributed by atoms with Gasteiger partial charge in [0.15, 0.2) is 0 Å². The molecular formula is C25H29ClN4O4. The van der Waals surface area contributed by atoms with Crippen molar-refractivity contribution in [1.82, 2.24) is 10.3 Å². The fourth-order valence-electron chi connectivity index (χ4n) is 4.20. The number of rotatable bonds is 8. The smallest absolute Gasteiger partial charge is 0.308 e. The minimum atomic E-state index is -0.243. The van der Waals surface area contributed by atoms with Gasteiger partial charge in [-0.1, -0.05) is 11.6 Å². The number of benzene rings is 1. The molecule has 9 heteroatoms. The number of esters is 1. The zero-order valence-electron chi connectivity index (χ0n) is 19.6. The number of methoxy groups -OCH3 is 2. The fraction of sp³-hybridized carbons (Fsp3) is 0.440. The second-order valence-electron chi connectivity index (χ2n) is 8.44. The van der Waals surface area contributed by atoms with Crippen LogP contribution in [0, 0.1) is 23.2 Å². The number of carbonyl (C=O) groups excluding carboxylic acids is 2. The molecule has 0 saturated heterocycles. The van der Waals surface area contributed by atoms with Gasteiger partial charge in [-0.15, -0.1) is 0 Å². The van der Waals surface area contributed by atoms with Crippen molar-refractivity contribution in [2.24, 2.45) is 11.8 Å². The van der Waals surface area contributed by atoms with E-state index >= 15 is 0 Å². The van der Waals surface area contributed by atoms with E-state index in [9.17, 15) is 14.9 Å². The number of hydrogen-bond acceptors (Lipinski definition) is 7. The van der Waals surface area contributed by atoms with Crippen molar-refractivity contribution < 1.29 is 19.1 Å². The zero-order chi connectivity index (χ0) is 24.7. The van der Waals surface area contributed by atoms with Gasteiger partial charge in [0.25, 0.3) is 5.91 Å². The summed E-state index contributed by atoms with van der Waals surface area (Å²) in [6.45, 7) is 2.45. The van der Waals surface area contributed by atoms with Gasteiger partial charge in [0.1, 0.15) is 11.6 Å². The lowest BCUT2D eigenvalue weighted by Crippen LogP contribution is -2.32. The Morgan fingerprint density at radius 3 is 2.59 bits per heavy atom. The molecule has 0 bridgehead atoms. The second kappa shape index (κ2) is 11.7. The van der Waals surface area contributed by atoms with E-state index < -0.39 is 0 Å². The average Bonchev–Trinajstić information content (AvgIpc) is 2.87. The van der Waals surface area contributed by atoms with E-state index in [-0.39, 0.29) is 23.8 Å². The van der Waals surface area contributed by atoms with Crippen molar-refractivity contribution in [3.8, 4) is 11.8 Å². The monoisotopic (exact) mass is 484 g/mol. The lowest BCUT2D eigenvalue weighted by Gasteiger charge is -2.27. The maximum absolute atomic E-state index is 12.6. The second-order valence-corrected chi connectivity index (χ2v) is 8.85. The van der Waals surface area contributed by atoms with Crippen molar-refractivity contribution in [3.05, 3.63) is 52.2 Å². The van der Waals surface area contributed by atoms with Crippen LogP contribution in [0.3, 0.4) is 0 Å². The number of halogens is 1. The Kier molecular flexibility index (Phi) is 8.72. The molecule has 0 spiro atoms. The van der Waals surface area contributed by atoms with Crippen molar-refractivity contribution in [2.75, 3.05) is 26.1 Å². The highest BCUT2D eigenvalue weighted by molar-refractivity contribution is 6.33. The standard InChI is InChI=1S/C25H29ClN4O4/c1-15(20-10-17(12-27)6-9-22(20)33-2)30-23-21(26)11-19(14-28-23)24(31)29-13-16-4-7-18(8-5-16)25(32)34-3/h6,9-11,14-16,18H,4-5,7-8,13H2,1-3H3,(H,28,30)(H,29,31). The van der Waals surface area contributed by atoms with Crippen LogP contribution in [0.25, 0.3) is 0 Å². The molecule has 1 atom stereocenters. The van der Waals surface area contributed by atoms with Gasteiger partial charge in [-0.25, -0.2) is 4.98 Å². The average molecular weight is 485 g/mol. The third kappa shape index (κ3) is 6.17. The van der Waals surface area contributed by atoms with Gasteiger partial charge >= 0.3 is 5.97 Å². The molecule has 0 radical (unpaired) electrons. The number of carbonyl (C=O) groups is 2. The summed E-state index contributed by atoms with van der Waals surface area (Å²) in [5.41, 5.74) is 1.69. The van der Waals surface area contributed by atoms with Gasteiger partial charge in [-0.2, -0.15) is 5.26 Å². The predicted octanol–water partition coefficient (Wildman–Crippen LogP) is 4.50. The Bertz CT molecular complexity index is 1080. The van der Waals surface area contributed by atoms with Crippen LogP contribution in [0.4, 0.5) is 5.82 Å². The summed E-state index contributed by atoms with van der Waals surface area (Å²) in [6, 6.07) is 8.66. The Hall–Kier alpha value is -3.31. The number of nitriles is 1. The van der Waals surface area contributed by atoms with Gasteiger partial charge in [0, 0.05) is 18.3 Å². The lowest BCUT2D eigenvalue weighted by atomic mass is 9.82. The summed E-state index contributed by atoms with van der Waals surface area (Å²) in [5, 5.41) is 15.7. The van der Waals surface area contributed by atoms with E-state index in [1.165, 1.54) is 13.3 Å². The molecule has 1 amide bonds. The first-order chi connectivity index (χ1) is 16.4. The third-order valence-corrected chi connectivity index (χ3v) is 6.50. The summed E-state index contributed by atoms with van der Waals surface area (Å²) in [7, 11) is 2.99. The molecule has 180 valence electrons. The molecule has 8 nitrogen and oxygen atoms in total. The number of nitrogens with one attached hydrogen (secondary N) is 2. The Morgan fingerprint density at radius 2 is 1.97 bits per heavy atom. The molecule has 1 unspecified atom stereocenters. The first kappa shape index (κ1) is 25.3. The Morgan fingerprint density at radius 1 is 1.24 bits per heavy atom. The molecular weight excluding hydrogens is 456 g/mol. The molecule has 0 aliphatic heterocycles. The van der Waals surface area contributed by atoms with Crippen LogP contribution in [0.5, 0.6) is 5.75 Å². The Labute approximate surface area is 204 Å². The number of pyridine rings is 1. The van der Waals surface area contributed by atoms with Crippen LogP contribution >= 0.6 is 11.6 Å². The van der Waals surface area contributed by atoms with Gasteiger partial charge in [0.05, 0.1) is 48.4 Å².